The molecule has 0 atom stereocenters. The first kappa shape index (κ1) is 15.1. The summed E-state index contributed by atoms with van der Waals surface area (Å²) in [5.41, 5.74) is 1.49. The van der Waals surface area contributed by atoms with E-state index >= 15 is 0 Å². The lowest BCUT2D eigenvalue weighted by molar-refractivity contribution is 0.102. The van der Waals surface area contributed by atoms with Crippen LogP contribution < -0.4 is 5.32 Å². The predicted octanol–water partition coefficient (Wildman–Crippen LogP) is 2.36. The van der Waals surface area contributed by atoms with Crippen molar-refractivity contribution >= 4 is 21.4 Å². The summed E-state index contributed by atoms with van der Waals surface area (Å²) >= 11 is 0. The van der Waals surface area contributed by atoms with Crippen LogP contribution in [0, 0.1) is 6.92 Å². The van der Waals surface area contributed by atoms with Gasteiger partial charge in [0.15, 0.2) is 9.84 Å². The van der Waals surface area contributed by atoms with Crippen molar-refractivity contribution in [2.24, 2.45) is 0 Å². The fourth-order valence-corrected chi connectivity index (χ4v) is 2.43. The first-order valence-electron chi connectivity index (χ1n) is 6.18. The minimum absolute atomic E-state index is 0.0175. The van der Waals surface area contributed by atoms with Crippen LogP contribution in [0.15, 0.2) is 47.4 Å². The van der Waals surface area contributed by atoms with E-state index in [0.717, 1.165) is 11.8 Å². The summed E-state index contributed by atoms with van der Waals surface area (Å²) in [5.74, 6) is -0.440. The van der Waals surface area contributed by atoms with Gasteiger partial charge in [-0.05, 0) is 48.9 Å². The van der Waals surface area contributed by atoms with Crippen LogP contribution in [-0.4, -0.2) is 25.7 Å². The van der Waals surface area contributed by atoms with Gasteiger partial charge in [-0.3, -0.25) is 4.79 Å². The number of aryl methyl sites for hydroxylation is 1. The Kier molecular flexibility index (Phi) is 3.99. The van der Waals surface area contributed by atoms with Crippen molar-refractivity contribution in [2.75, 3.05) is 11.6 Å². The molecule has 0 unspecified atom stereocenters. The zero-order valence-electron chi connectivity index (χ0n) is 11.6. The second-order valence-corrected chi connectivity index (χ2v) is 6.79. The van der Waals surface area contributed by atoms with Crippen molar-refractivity contribution in [3.8, 4) is 5.75 Å². The Bertz CT molecular complexity index is 780. The molecule has 5 nitrogen and oxygen atoms in total. The highest BCUT2D eigenvalue weighted by Crippen LogP contribution is 2.24. The number of phenols is 1. The number of benzene rings is 2. The van der Waals surface area contributed by atoms with Crippen LogP contribution in [0.2, 0.25) is 0 Å². The van der Waals surface area contributed by atoms with E-state index in [-0.39, 0.29) is 10.6 Å². The summed E-state index contributed by atoms with van der Waals surface area (Å²) in [5, 5.41) is 12.3. The van der Waals surface area contributed by atoms with Gasteiger partial charge in [0.25, 0.3) is 5.91 Å². The molecule has 0 saturated carbocycles. The van der Waals surface area contributed by atoms with E-state index in [2.05, 4.69) is 5.32 Å². The highest BCUT2D eigenvalue weighted by molar-refractivity contribution is 7.90. The molecule has 0 heterocycles. The molecule has 0 bridgehead atoms. The van der Waals surface area contributed by atoms with E-state index in [1.165, 1.54) is 24.3 Å². The van der Waals surface area contributed by atoms with Gasteiger partial charge in [-0.25, -0.2) is 8.42 Å². The molecule has 0 fully saturated rings. The SMILES string of the molecule is Cc1ccc(NC(=O)c2ccc(S(C)(=O)=O)cc2)c(O)c1. The number of amides is 1. The first-order valence-corrected chi connectivity index (χ1v) is 8.07. The van der Waals surface area contributed by atoms with Gasteiger partial charge in [0, 0.05) is 11.8 Å². The molecule has 0 saturated heterocycles. The lowest BCUT2D eigenvalue weighted by Gasteiger charge is -2.08. The Balaban J connectivity index is 2.21. The zero-order chi connectivity index (χ0) is 15.6. The van der Waals surface area contributed by atoms with E-state index < -0.39 is 15.7 Å². The molecule has 110 valence electrons. The summed E-state index contributed by atoms with van der Waals surface area (Å²) in [4.78, 5) is 12.2. The van der Waals surface area contributed by atoms with E-state index in [4.69, 9.17) is 0 Å². The third-order valence-electron chi connectivity index (χ3n) is 2.95. The maximum absolute atomic E-state index is 12.0. The van der Waals surface area contributed by atoms with Gasteiger partial charge >= 0.3 is 0 Å². The second kappa shape index (κ2) is 5.57. The summed E-state index contributed by atoms with van der Waals surface area (Å²) < 4.78 is 22.7. The molecule has 0 aliphatic rings. The summed E-state index contributed by atoms with van der Waals surface area (Å²) in [6, 6.07) is 10.5. The van der Waals surface area contributed by atoms with Crippen LogP contribution in [0.5, 0.6) is 5.75 Å². The molecule has 2 N–H and O–H groups in total. The highest BCUT2D eigenvalue weighted by Gasteiger charge is 2.11. The lowest BCUT2D eigenvalue weighted by atomic mass is 10.2. The third-order valence-corrected chi connectivity index (χ3v) is 4.07. The number of rotatable bonds is 3. The van der Waals surface area contributed by atoms with Gasteiger partial charge in [-0.2, -0.15) is 0 Å². The minimum Gasteiger partial charge on any atom is -0.506 e. The molecule has 1 amide bonds. The first-order chi connectivity index (χ1) is 9.77. The zero-order valence-corrected chi connectivity index (χ0v) is 12.4. The quantitative estimate of drug-likeness (QED) is 0.853. The van der Waals surface area contributed by atoms with Crippen molar-refractivity contribution in [1.82, 2.24) is 0 Å². The number of hydrogen-bond acceptors (Lipinski definition) is 4. The summed E-state index contributed by atoms with van der Waals surface area (Å²) in [6.07, 6.45) is 1.10. The fourth-order valence-electron chi connectivity index (χ4n) is 1.80. The predicted molar refractivity (Wildman–Crippen MR) is 80.3 cm³/mol. The van der Waals surface area contributed by atoms with Crippen LogP contribution in [0.3, 0.4) is 0 Å². The largest absolute Gasteiger partial charge is 0.506 e. The van der Waals surface area contributed by atoms with Gasteiger partial charge in [0.05, 0.1) is 10.6 Å². The maximum atomic E-state index is 12.0. The Labute approximate surface area is 123 Å². The van der Waals surface area contributed by atoms with Gasteiger partial charge in [0.1, 0.15) is 5.75 Å². The number of nitrogens with one attached hydrogen (secondary N) is 1. The molecule has 6 heteroatoms. The normalized spacial score (nSPS) is 11.1. The summed E-state index contributed by atoms with van der Waals surface area (Å²) in [7, 11) is -3.29. The molecular weight excluding hydrogens is 290 g/mol. The topological polar surface area (TPSA) is 83.5 Å². The number of carbonyl (C=O) groups excluding carboxylic acids is 1. The fraction of sp³-hybridized carbons (Fsp3) is 0.133. The average molecular weight is 305 g/mol. The maximum Gasteiger partial charge on any atom is 0.255 e. The lowest BCUT2D eigenvalue weighted by Crippen LogP contribution is -2.12. The van der Waals surface area contributed by atoms with E-state index in [1.807, 2.05) is 6.92 Å². The van der Waals surface area contributed by atoms with Gasteiger partial charge in [-0.1, -0.05) is 6.07 Å². The Hall–Kier alpha value is -2.34. The highest BCUT2D eigenvalue weighted by atomic mass is 32.2. The Morgan fingerprint density at radius 2 is 1.71 bits per heavy atom. The number of hydrogen-bond donors (Lipinski definition) is 2. The molecule has 2 aromatic rings. The molecule has 0 radical (unpaired) electrons. The van der Waals surface area contributed by atoms with Gasteiger partial charge in [0.2, 0.25) is 0 Å². The summed E-state index contributed by atoms with van der Waals surface area (Å²) in [6.45, 7) is 1.83. The van der Waals surface area contributed by atoms with Crippen molar-refractivity contribution in [3.05, 3.63) is 53.6 Å². The number of aromatic hydroxyl groups is 1. The van der Waals surface area contributed by atoms with Crippen molar-refractivity contribution in [3.63, 3.8) is 0 Å². The monoisotopic (exact) mass is 305 g/mol. The van der Waals surface area contributed by atoms with Crippen molar-refractivity contribution in [2.45, 2.75) is 11.8 Å². The van der Waals surface area contributed by atoms with Gasteiger partial charge in [-0.15, -0.1) is 0 Å². The second-order valence-electron chi connectivity index (χ2n) is 4.77. The number of sulfone groups is 1. The van der Waals surface area contributed by atoms with Gasteiger partial charge < -0.3 is 10.4 Å². The molecular formula is C15H15NO4S. The molecule has 0 aliphatic heterocycles. The molecule has 2 rings (SSSR count). The van der Waals surface area contributed by atoms with Crippen LogP contribution in [0.1, 0.15) is 15.9 Å². The molecule has 21 heavy (non-hydrogen) atoms. The smallest absolute Gasteiger partial charge is 0.255 e. The van der Waals surface area contributed by atoms with Crippen molar-refractivity contribution in [1.29, 1.82) is 0 Å². The molecule has 2 aromatic carbocycles. The van der Waals surface area contributed by atoms with Crippen LogP contribution in [0.4, 0.5) is 5.69 Å². The van der Waals surface area contributed by atoms with Crippen molar-refractivity contribution < 1.29 is 18.3 Å². The number of phenolic OH excluding ortho intramolecular Hbond substituents is 1. The third kappa shape index (κ3) is 3.61. The van der Waals surface area contributed by atoms with E-state index in [9.17, 15) is 18.3 Å². The van der Waals surface area contributed by atoms with E-state index in [1.54, 1.807) is 18.2 Å². The number of anilines is 1. The standard InChI is InChI=1S/C15H15NO4S/c1-10-3-8-13(14(17)9-10)16-15(18)11-4-6-12(7-5-11)21(2,19)20/h3-9,17H,1-2H3,(H,16,18). The van der Waals surface area contributed by atoms with E-state index in [0.29, 0.717) is 11.3 Å². The molecule has 0 spiro atoms. The molecule has 0 aromatic heterocycles. The Morgan fingerprint density at radius 3 is 2.24 bits per heavy atom. The average Bonchev–Trinajstić information content (AvgIpc) is 2.41. The minimum atomic E-state index is -3.29. The molecule has 0 aliphatic carbocycles. The van der Waals surface area contributed by atoms with Crippen LogP contribution >= 0.6 is 0 Å². The van der Waals surface area contributed by atoms with Crippen LogP contribution in [-0.2, 0) is 9.84 Å². The van der Waals surface area contributed by atoms with Crippen LogP contribution in [0.25, 0.3) is 0 Å². The Morgan fingerprint density at radius 1 is 1.10 bits per heavy atom. The number of carbonyl (C=O) groups is 1.